The van der Waals surface area contributed by atoms with E-state index in [2.05, 4.69) is 45.5 Å². The van der Waals surface area contributed by atoms with Crippen molar-refractivity contribution in [2.24, 2.45) is 0 Å². The number of aromatic amines is 1. The number of hydrogen-bond donors (Lipinski definition) is 2. The second-order valence-corrected chi connectivity index (χ2v) is 9.55. The minimum Gasteiger partial charge on any atom is -0.496 e. The van der Waals surface area contributed by atoms with E-state index in [4.69, 9.17) is 9.47 Å². The molecule has 2 N–H and O–H groups in total. The molecule has 0 spiro atoms. The lowest BCUT2D eigenvalue weighted by Gasteiger charge is -2.43. The highest BCUT2D eigenvalue weighted by Crippen LogP contribution is 2.48. The van der Waals surface area contributed by atoms with Crippen LogP contribution in [0.1, 0.15) is 42.5 Å². The van der Waals surface area contributed by atoms with Crippen LogP contribution in [0.3, 0.4) is 0 Å². The first kappa shape index (κ1) is 20.0. The number of H-pyrrole nitrogens is 1. The molecular formula is C25H29FN4O2. The lowest BCUT2D eigenvalue weighted by Crippen LogP contribution is -2.50. The molecule has 0 unspecified atom stereocenters. The van der Waals surface area contributed by atoms with Crippen molar-refractivity contribution in [3.8, 4) is 11.5 Å². The SMILES string of the molecule is COc1cc(OC2CNC2)ccc1[C@@H]1c2ccc3[nH]ncc3c2C[C@@H](C)N1CC1(F)CC1. The molecule has 2 fully saturated rings. The number of methoxy groups -OCH3 is 1. The fraction of sp³-hybridized carbons (Fsp3) is 0.480. The Hall–Kier alpha value is -2.64. The number of halogens is 1. The summed E-state index contributed by atoms with van der Waals surface area (Å²) in [5.41, 5.74) is 3.51. The number of nitrogens with one attached hydrogen (secondary N) is 2. The summed E-state index contributed by atoms with van der Waals surface area (Å²) in [5.74, 6) is 1.59. The van der Waals surface area contributed by atoms with E-state index in [1.807, 2.05) is 18.3 Å². The summed E-state index contributed by atoms with van der Waals surface area (Å²) < 4.78 is 27.0. The molecule has 7 heteroatoms. The van der Waals surface area contributed by atoms with Gasteiger partial charge in [0.1, 0.15) is 23.3 Å². The quantitative estimate of drug-likeness (QED) is 0.616. The number of benzene rings is 2. The van der Waals surface area contributed by atoms with E-state index < -0.39 is 5.67 Å². The Morgan fingerprint density at radius 2 is 2.00 bits per heavy atom. The predicted octanol–water partition coefficient (Wildman–Crippen LogP) is 3.76. The Labute approximate surface area is 187 Å². The smallest absolute Gasteiger partial charge is 0.127 e. The van der Waals surface area contributed by atoms with Crippen molar-refractivity contribution in [1.29, 1.82) is 0 Å². The highest BCUT2D eigenvalue weighted by atomic mass is 19.1. The topological polar surface area (TPSA) is 62.4 Å². The number of rotatable bonds is 6. The summed E-state index contributed by atoms with van der Waals surface area (Å²) in [6.45, 7) is 4.38. The first-order valence-corrected chi connectivity index (χ1v) is 11.5. The molecule has 3 heterocycles. The Balaban J connectivity index is 1.46. The second-order valence-electron chi connectivity index (χ2n) is 9.55. The van der Waals surface area contributed by atoms with Crippen LogP contribution in [-0.2, 0) is 6.42 Å². The Morgan fingerprint density at radius 1 is 1.19 bits per heavy atom. The summed E-state index contributed by atoms with van der Waals surface area (Å²) in [4.78, 5) is 2.33. The zero-order valence-electron chi connectivity index (χ0n) is 18.5. The number of hydrogen-bond acceptors (Lipinski definition) is 5. The maximum atomic E-state index is 15.0. The molecule has 32 heavy (non-hydrogen) atoms. The molecule has 3 aliphatic rings. The third-order valence-electron chi connectivity index (χ3n) is 7.27. The Bertz CT molecular complexity index is 1150. The van der Waals surface area contributed by atoms with Gasteiger partial charge in [-0.1, -0.05) is 6.07 Å². The van der Waals surface area contributed by atoms with Gasteiger partial charge in [0.15, 0.2) is 0 Å². The van der Waals surface area contributed by atoms with Gasteiger partial charge in [-0.3, -0.25) is 10.00 Å². The van der Waals surface area contributed by atoms with Crippen LogP contribution in [0.5, 0.6) is 11.5 Å². The summed E-state index contributed by atoms with van der Waals surface area (Å²) >= 11 is 0. The van der Waals surface area contributed by atoms with Crippen molar-refractivity contribution in [3.05, 3.63) is 53.2 Å². The van der Waals surface area contributed by atoms with Crippen LogP contribution in [-0.4, -0.2) is 59.7 Å². The molecule has 168 valence electrons. The van der Waals surface area contributed by atoms with Gasteiger partial charge in [0.25, 0.3) is 0 Å². The van der Waals surface area contributed by atoms with Gasteiger partial charge in [-0.25, -0.2) is 4.39 Å². The van der Waals surface area contributed by atoms with E-state index in [1.165, 1.54) is 11.1 Å². The van der Waals surface area contributed by atoms with Crippen molar-refractivity contribution < 1.29 is 13.9 Å². The first-order chi connectivity index (χ1) is 15.5. The van der Waals surface area contributed by atoms with Crippen LogP contribution in [0.2, 0.25) is 0 Å². The zero-order chi connectivity index (χ0) is 21.9. The van der Waals surface area contributed by atoms with Gasteiger partial charge in [-0.2, -0.15) is 5.10 Å². The number of ether oxygens (including phenoxy) is 2. The predicted molar refractivity (Wildman–Crippen MR) is 121 cm³/mol. The molecule has 3 aromatic rings. The van der Waals surface area contributed by atoms with Gasteiger partial charge in [-0.15, -0.1) is 0 Å². The normalized spacial score (nSPS) is 24.7. The van der Waals surface area contributed by atoms with E-state index >= 15 is 4.39 Å². The molecule has 6 nitrogen and oxygen atoms in total. The highest BCUT2D eigenvalue weighted by molar-refractivity contribution is 5.83. The highest BCUT2D eigenvalue weighted by Gasteiger charge is 2.48. The maximum absolute atomic E-state index is 15.0. The number of alkyl halides is 1. The van der Waals surface area contributed by atoms with Gasteiger partial charge >= 0.3 is 0 Å². The zero-order valence-corrected chi connectivity index (χ0v) is 18.5. The van der Waals surface area contributed by atoms with Crippen LogP contribution in [0, 0.1) is 0 Å². The number of aromatic nitrogens is 2. The average Bonchev–Trinajstić information content (AvgIpc) is 3.29. The fourth-order valence-corrected chi connectivity index (χ4v) is 5.17. The molecule has 6 rings (SSSR count). The Kier molecular flexibility index (Phi) is 4.66. The van der Waals surface area contributed by atoms with Crippen LogP contribution in [0.25, 0.3) is 10.9 Å². The third kappa shape index (κ3) is 3.35. The molecule has 1 aromatic heterocycles. The van der Waals surface area contributed by atoms with Crippen LogP contribution in [0.4, 0.5) is 4.39 Å². The Morgan fingerprint density at radius 3 is 2.72 bits per heavy atom. The van der Waals surface area contributed by atoms with Crippen molar-refractivity contribution in [2.75, 3.05) is 26.7 Å². The van der Waals surface area contributed by atoms with Gasteiger partial charge < -0.3 is 14.8 Å². The van der Waals surface area contributed by atoms with E-state index in [1.54, 1.807) is 7.11 Å². The van der Waals surface area contributed by atoms with Crippen molar-refractivity contribution >= 4 is 10.9 Å². The van der Waals surface area contributed by atoms with Crippen LogP contribution < -0.4 is 14.8 Å². The van der Waals surface area contributed by atoms with E-state index in [-0.39, 0.29) is 18.2 Å². The van der Waals surface area contributed by atoms with Crippen LogP contribution in [0.15, 0.2) is 36.5 Å². The van der Waals surface area contributed by atoms with Crippen LogP contribution >= 0.6 is 0 Å². The standard InChI is InChI=1S/C25H29FN4O2/c1-15-9-20-18(5-6-22-21(20)13-28-29-22)24(30(15)14-25(26)7-8-25)19-4-3-16(10-23(19)31-2)32-17-11-27-12-17/h3-6,10,13,15,17,24,27H,7-9,11-12,14H2,1-2H3,(H,28,29)/t15-,24+/m1/s1. The lowest BCUT2D eigenvalue weighted by atomic mass is 9.83. The largest absolute Gasteiger partial charge is 0.496 e. The van der Waals surface area contributed by atoms with Crippen molar-refractivity contribution in [3.63, 3.8) is 0 Å². The third-order valence-corrected chi connectivity index (χ3v) is 7.27. The molecule has 1 aliphatic carbocycles. The lowest BCUT2D eigenvalue weighted by molar-refractivity contribution is 0.0971. The summed E-state index contributed by atoms with van der Waals surface area (Å²) in [6, 6.07) is 10.4. The van der Waals surface area contributed by atoms with Gasteiger partial charge in [0, 0.05) is 42.7 Å². The van der Waals surface area contributed by atoms with Gasteiger partial charge in [0.05, 0.1) is 24.9 Å². The number of nitrogens with zero attached hydrogens (tertiary/aromatic N) is 2. The van der Waals surface area contributed by atoms with E-state index in [0.29, 0.717) is 19.4 Å². The summed E-state index contributed by atoms with van der Waals surface area (Å²) in [7, 11) is 1.70. The number of fused-ring (bicyclic) bond motifs is 3. The first-order valence-electron chi connectivity index (χ1n) is 11.5. The summed E-state index contributed by atoms with van der Waals surface area (Å²) in [6.07, 6.45) is 4.28. The molecule has 2 aliphatic heterocycles. The minimum absolute atomic E-state index is 0.0874. The molecule has 0 amide bonds. The molecule has 1 saturated heterocycles. The molecule has 0 bridgehead atoms. The monoisotopic (exact) mass is 436 g/mol. The maximum Gasteiger partial charge on any atom is 0.127 e. The molecular weight excluding hydrogens is 407 g/mol. The minimum atomic E-state index is -1.07. The molecule has 2 atom stereocenters. The fourth-order valence-electron chi connectivity index (χ4n) is 5.17. The summed E-state index contributed by atoms with van der Waals surface area (Å²) in [5, 5.41) is 11.7. The molecule has 2 aromatic carbocycles. The van der Waals surface area contributed by atoms with E-state index in [0.717, 1.165) is 47.5 Å². The van der Waals surface area contributed by atoms with Gasteiger partial charge in [-0.05, 0) is 55.5 Å². The van der Waals surface area contributed by atoms with Crippen molar-refractivity contribution in [1.82, 2.24) is 20.4 Å². The second kappa shape index (κ2) is 7.46. The molecule has 1 saturated carbocycles. The van der Waals surface area contributed by atoms with E-state index in [9.17, 15) is 0 Å². The van der Waals surface area contributed by atoms with Crippen molar-refractivity contribution in [2.45, 2.75) is 50.0 Å². The molecule has 0 radical (unpaired) electrons. The van der Waals surface area contributed by atoms with Gasteiger partial charge in [0.2, 0.25) is 0 Å². The average molecular weight is 437 g/mol.